The lowest BCUT2D eigenvalue weighted by molar-refractivity contribution is 0.229. The standard InChI is InChI=1S/C18H19N3O2.ClH/c19-18(11-4-12-18)17-20-16(23-21-17)10-8-14-7-9-15(22-14)13-5-2-1-3-6-13;/h1-3,5-7,9H,4,8,10-12,19H2;1H. The molecule has 1 aromatic carbocycles. The summed E-state index contributed by atoms with van der Waals surface area (Å²) >= 11 is 0. The average molecular weight is 346 g/mol. The smallest absolute Gasteiger partial charge is 0.227 e. The van der Waals surface area contributed by atoms with Gasteiger partial charge in [-0.2, -0.15) is 4.98 Å². The molecule has 1 fully saturated rings. The first-order valence-corrected chi connectivity index (χ1v) is 7.99. The summed E-state index contributed by atoms with van der Waals surface area (Å²) in [5.74, 6) is 3.05. The van der Waals surface area contributed by atoms with E-state index in [1.165, 1.54) is 0 Å². The van der Waals surface area contributed by atoms with Gasteiger partial charge in [-0.25, -0.2) is 0 Å². The van der Waals surface area contributed by atoms with Crippen LogP contribution >= 0.6 is 12.4 Å². The van der Waals surface area contributed by atoms with Crippen LogP contribution < -0.4 is 5.73 Å². The fourth-order valence-electron chi connectivity index (χ4n) is 2.84. The van der Waals surface area contributed by atoms with Gasteiger partial charge in [-0.05, 0) is 31.4 Å². The summed E-state index contributed by atoms with van der Waals surface area (Å²) < 4.78 is 11.2. The number of aromatic nitrogens is 2. The molecular weight excluding hydrogens is 326 g/mol. The van der Waals surface area contributed by atoms with E-state index in [-0.39, 0.29) is 17.9 Å². The van der Waals surface area contributed by atoms with Crippen LogP contribution in [0.5, 0.6) is 0 Å². The van der Waals surface area contributed by atoms with Gasteiger partial charge in [-0.15, -0.1) is 12.4 Å². The minimum Gasteiger partial charge on any atom is -0.461 e. The molecule has 0 amide bonds. The van der Waals surface area contributed by atoms with Crippen molar-refractivity contribution in [3.05, 3.63) is 59.9 Å². The fraction of sp³-hybridized carbons (Fsp3) is 0.333. The molecule has 5 nitrogen and oxygen atoms in total. The van der Waals surface area contributed by atoms with Crippen LogP contribution in [0, 0.1) is 0 Å². The van der Waals surface area contributed by atoms with E-state index in [0.717, 1.165) is 42.8 Å². The Morgan fingerprint density at radius 3 is 2.54 bits per heavy atom. The molecule has 2 N–H and O–H groups in total. The molecule has 2 heterocycles. The SMILES string of the molecule is Cl.NC1(c2noc(CCc3ccc(-c4ccccc4)o3)n2)CCC1. The number of furan rings is 1. The molecule has 6 heteroatoms. The Morgan fingerprint density at radius 1 is 1.04 bits per heavy atom. The van der Waals surface area contributed by atoms with Crippen molar-refractivity contribution in [3.63, 3.8) is 0 Å². The topological polar surface area (TPSA) is 78.1 Å². The lowest BCUT2D eigenvalue weighted by Gasteiger charge is -2.34. The van der Waals surface area contributed by atoms with E-state index in [0.29, 0.717) is 18.1 Å². The van der Waals surface area contributed by atoms with Crippen LogP contribution in [0.2, 0.25) is 0 Å². The zero-order valence-corrected chi connectivity index (χ0v) is 14.1. The van der Waals surface area contributed by atoms with E-state index in [1.807, 2.05) is 42.5 Å². The van der Waals surface area contributed by atoms with Crippen LogP contribution in [0.15, 0.2) is 51.4 Å². The second kappa shape index (κ2) is 6.79. The maximum Gasteiger partial charge on any atom is 0.227 e. The molecule has 3 aromatic rings. The van der Waals surface area contributed by atoms with E-state index in [9.17, 15) is 0 Å². The third kappa shape index (κ3) is 3.23. The van der Waals surface area contributed by atoms with E-state index < -0.39 is 0 Å². The fourth-order valence-corrected chi connectivity index (χ4v) is 2.84. The minimum atomic E-state index is -0.368. The van der Waals surface area contributed by atoms with Gasteiger partial charge in [0, 0.05) is 18.4 Å². The third-order valence-corrected chi connectivity index (χ3v) is 4.46. The van der Waals surface area contributed by atoms with Crippen molar-refractivity contribution in [1.82, 2.24) is 10.1 Å². The van der Waals surface area contributed by atoms with Crippen molar-refractivity contribution in [2.24, 2.45) is 5.73 Å². The molecule has 0 atom stereocenters. The first-order chi connectivity index (χ1) is 11.2. The van der Waals surface area contributed by atoms with Gasteiger partial charge >= 0.3 is 0 Å². The van der Waals surface area contributed by atoms with Gasteiger partial charge in [0.15, 0.2) is 5.82 Å². The summed E-state index contributed by atoms with van der Waals surface area (Å²) in [6, 6.07) is 14.1. The molecule has 1 aliphatic rings. The van der Waals surface area contributed by atoms with Gasteiger partial charge in [0.2, 0.25) is 5.89 Å². The number of hydrogen-bond donors (Lipinski definition) is 1. The van der Waals surface area contributed by atoms with E-state index in [1.54, 1.807) is 0 Å². The van der Waals surface area contributed by atoms with E-state index >= 15 is 0 Å². The number of hydrogen-bond acceptors (Lipinski definition) is 5. The molecule has 2 aromatic heterocycles. The minimum absolute atomic E-state index is 0. The number of aryl methyl sites for hydroxylation is 2. The molecule has 0 unspecified atom stereocenters. The normalized spacial score (nSPS) is 15.5. The van der Waals surface area contributed by atoms with E-state index in [4.69, 9.17) is 14.7 Å². The summed E-state index contributed by atoms with van der Waals surface area (Å²) in [4.78, 5) is 4.44. The third-order valence-electron chi connectivity index (χ3n) is 4.46. The number of benzene rings is 1. The van der Waals surface area contributed by atoms with E-state index in [2.05, 4.69) is 10.1 Å². The maximum absolute atomic E-state index is 6.21. The number of nitrogens with two attached hydrogens (primary N) is 1. The largest absolute Gasteiger partial charge is 0.461 e. The first-order valence-electron chi connectivity index (χ1n) is 7.99. The quantitative estimate of drug-likeness (QED) is 0.759. The highest BCUT2D eigenvalue weighted by molar-refractivity contribution is 5.85. The van der Waals surface area contributed by atoms with Crippen molar-refractivity contribution in [1.29, 1.82) is 0 Å². The molecule has 1 saturated carbocycles. The molecule has 126 valence electrons. The summed E-state index contributed by atoms with van der Waals surface area (Å²) in [6.45, 7) is 0. The van der Waals surface area contributed by atoms with Crippen LogP contribution in [0.1, 0.15) is 36.7 Å². The van der Waals surface area contributed by atoms with Crippen LogP contribution in [0.3, 0.4) is 0 Å². The molecular formula is C18H20ClN3O2. The predicted octanol–water partition coefficient (Wildman–Crippen LogP) is 3.87. The van der Waals surface area contributed by atoms with Crippen LogP contribution in [0.25, 0.3) is 11.3 Å². The zero-order valence-electron chi connectivity index (χ0n) is 13.3. The predicted molar refractivity (Wildman–Crippen MR) is 92.8 cm³/mol. The Bertz CT molecular complexity index is 793. The van der Waals surface area contributed by atoms with Gasteiger partial charge in [0.1, 0.15) is 11.5 Å². The van der Waals surface area contributed by atoms with Gasteiger partial charge in [0.25, 0.3) is 0 Å². The molecule has 0 radical (unpaired) electrons. The first kappa shape index (κ1) is 16.7. The maximum atomic E-state index is 6.21. The second-order valence-electron chi connectivity index (χ2n) is 6.15. The Balaban J connectivity index is 0.00000169. The van der Waals surface area contributed by atoms with Crippen molar-refractivity contribution in [3.8, 4) is 11.3 Å². The Hall–Kier alpha value is -2.11. The number of nitrogens with zero attached hydrogens (tertiary/aromatic N) is 2. The Labute approximate surface area is 146 Å². The molecule has 24 heavy (non-hydrogen) atoms. The monoisotopic (exact) mass is 345 g/mol. The molecule has 0 saturated heterocycles. The van der Waals surface area contributed by atoms with Gasteiger partial charge in [-0.3, -0.25) is 0 Å². The molecule has 0 spiro atoms. The second-order valence-corrected chi connectivity index (χ2v) is 6.15. The van der Waals surface area contributed by atoms with Crippen LogP contribution in [0.4, 0.5) is 0 Å². The van der Waals surface area contributed by atoms with Gasteiger partial charge in [0.05, 0.1) is 5.54 Å². The molecule has 0 aliphatic heterocycles. The summed E-state index contributed by atoms with van der Waals surface area (Å²) in [5.41, 5.74) is 6.92. The van der Waals surface area contributed by atoms with Gasteiger partial charge in [-0.1, -0.05) is 35.5 Å². The summed E-state index contributed by atoms with van der Waals surface area (Å²) in [6.07, 6.45) is 4.39. The van der Waals surface area contributed by atoms with Crippen molar-refractivity contribution in [2.45, 2.75) is 37.6 Å². The van der Waals surface area contributed by atoms with Crippen LogP contribution in [-0.4, -0.2) is 10.1 Å². The highest BCUT2D eigenvalue weighted by atomic mass is 35.5. The van der Waals surface area contributed by atoms with Crippen molar-refractivity contribution >= 4 is 12.4 Å². The zero-order chi connectivity index (χ0) is 15.7. The lowest BCUT2D eigenvalue weighted by atomic mass is 9.77. The molecule has 1 aliphatic carbocycles. The number of halogens is 1. The highest BCUT2D eigenvalue weighted by Crippen LogP contribution is 2.36. The highest BCUT2D eigenvalue weighted by Gasteiger charge is 2.38. The van der Waals surface area contributed by atoms with Crippen molar-refractivity contribution in [2.75, 3.05) is 0 Å². The summed E-state index contributed by atoms with van der Waals surface area (Å²) in [5, 5.41) is 4.03. The Kier molecular flexibility index (Phi) is 4.73. The lowest BCUT2D eigenvalue weighted by Crippen LogP contribution is -2.44. The van der Waals surface area contributed by atoms with Crippen LogP contribution in [-0.2, 0) is 18.4 Å². The summed E-state index contributed by atoms with van der Waals surface area (Å²) in [7, 11) is 0. The van der Waals surface area contributed by atoms with Gasteiger partial charge < -0.3 is 14.7 Å². The van der Waals surface area contributed by atoms with Crippen molar-refractivity contribution < 1.29 is 8.94 Å². The number of rotatable bonds is 5. The molecule has 0 bridgehead atoms. The average Bonchev–Trinajstić information content (AvgIpc) is 3.21. The Morgan fingerprint density at radius 2 is 1.83 bits per heavy atom. The molecule has 4 rings (SSSR count).